The fourth-order valence-corrected chi connectivity index (χ4v) is 15.9. The third-order valence-corrected chi connectivity index (χ3v) is 24.2. The van der Waals surface area contributed by atoms with Crippen molar-refractivity contribution in [1.29, 1.82) is 0 Å². The van der Waals surface area contributed by atoms with Gasteiger partial charge in [0.05, 0.1) is 32.5 Å². The molecule has 7 heterocycles. The molecule has 2 aliphatic heterocycles. The van der Waals surface area contributed by atoms with Crippen molar-refractivity contribution in [2.75, 3.05) is 0 Å². The summed E-state index contributed by atoms with van der Waals surface area (Å²) in [5, 5.41) is 3.34. The molecule has 16 rings (SSSR count). The first-order chi connectivity index (χ1) is 64.8. The molecule has 5 aromatic heterocycles. The minimum absolute atomic E-state index is 0.0130. The van der Waals surface area contributed by atoms with Crippen molar-refractivity contribution in [2.45, 2.75) is 450 Å². The maximum Gasteiger partial charge on any atom is 0.252 e. The molecule has 0 bridgehead atoms. The maximum absolute atomic E-state index is 11.8. The van der Waals surface area contributed by atoms with Gasteiger partial charge in [0.2, 0.25) is 6.29 Å². The Morgan fingerprint density at radius 2 is 0.833 bits per heavy atom. The average Bonchev–Trinajstić information content (AvgIpc) is 1.61. The Bertz CT molecular complexity index is 5760. The van der Waals surface area contributed by atoms with Crippen LogP contribution in [0.1, 0.15) is 451 Å². The number of allylic oxidation sites excluding steroid dienone is 3. The molecule has 3 unspecified atom stereocenters. The van der Waals surface area contributed by atoms with Crippen LogP contribution in [0, 0.1) is 54.1 Å². The van der Waals surface area contributed by atoms with E-state index >= 15 is 0 Å². The number of aryl methyl sites for hydroxylation is 1. The van der Waals surface area contributed by atoms with E-state index in [0.29, 0.717) is 44.0 Å². The second-order valence-corrected chi connectivity index (χ2v) is 60.7. The highest BCUT2D eigenvalue weighted by atomic mass is 32.1. The minimum Gasteiger partial charge on any atom is -0.489 e. The van der Waals surface area contributed by atoms with Crippen LogP contribution in [0.3, 0.4) is 0 Å². The molecular formula is C134H205N5O4S. The second-order valence-electron chi connectivity index (χ2n) is 59.7. The minimum atomic E-state index is -0.187. The summed E-state index contributed by atoms with van der Waals surface area (Å²) in [5.41, 5.74) is 26.7. The molecule has 796 valence electrons. The molecule has 3 atom stereocenters. The lowest BCUT2D eigenvalue weighted by Gasteiger charge is -2.27. The van der Waals surface area contributed by atoms with E-state index < -0.39 is 0 Å². The molecule has 0 fully saturated rings. The van der Waals surface area contributed by atoms with Crippen molar-refractivity contribution >= 4 is 55.0 Å². The number of fused-ring (bicyclic) bond motifs is 8. The zero-order valence-electron chi connectivity index (χ0n) is 102. The van der Waals surface area contributed by atoms with Gasteiger partial charge in [-0.25, -0.2) is 4.98 Å². The maximum atomic E-state index is 11.8. The van der Waals surface area contributed by atoms with Crippen molar-refractivity contribution < 1.29 is 14.2 Å². The molecule has 9 nitrogen and oxygen atoms in total. The topological polar surface area (TPSA) is 112 Å². The molecule has 0 spiro atoms. The first-order valence-corrected chi connectivity index (χ1v) is 54.2. The van der Waals surface area contributed by atoms with E-state index in [2.05, 4.69) is 512 Å². The number of ether oxygens (including phenoxy) is 3. The first-order valence-electron chi connectivity index (χ1n) is 53.4. The Balaban J connectivity index is 0.000000332. The SMILES string of the molecule is CC(C)(C)C.CC(C)(C)C.CC(C)(C)C.CC(C)(C)C.CC(C)(C)C.CC(C)(C)C1=CCc2ccccc21.CC(C)(C)C1=Cc2ccccc2C1.CC(C)(C)C1CCc2ccccc21.CC(C)(C)c1cc2ccncc2[nH]c1=O.CC(C)(C)c1ccc2c(c1)CC(C(C)(C)C)O2.CC(C)(C)c1ccc2c(c1)OC(C(C)(C)C)O2.CC(C)(C)c1ccc2cnccc2n1.CC(C)(C)c1ccc2nc(C(C)(C)C)sc2c1. The largest absolute Gasteiger partial charge is 0.489 e. The Kier molecular flexibility index (Phi) is 44.5. The van der Waals surface area contributed by atoms with Crippen LogP contribution in [0.15, 0.2) is 199 Å². The number of thiazole rings is 1. The highest BCUT2D eigenvalue weighted by Gasteiger charge is 2.38. The number of nitrogens with zero attached hydrogens (tertiary/aromatic N) is 4. The number of hydrogen-bond donors (Lipinski definition) is 1. The molecule has 0 radical (unpaired) electrons. The summed E-state index contributed by atoms with van der Waals surface area (Å²) >= 11 is 1.82. The zero-order chi connectivity index (χ0) is 111. The molecule has 0 saturated heterocycles. The van der Waals surface area contributed by atoms with Crippen molar-refractivity contribution in [3.05, 3.63) is 276 Å². The quantitative estimate of drug-likeness (QED) is 0.160. The second kappa shape index (κ2) is 50.3. The van der Waals surface area contributed by atoms with Crippen LogP contribution < -0.4 is 19.8 Å². The van der Waals surface area contributed by atoms with Gasteiger partial charge >= 0.3 is 0 Å². The van der Waals surface area contributed by atoms with Crippen LogP contribution in [-0.4, -0.2) is 37.3 Å². The third kappa shape index (κ3) is 47.0. The molecule has 6 aromatic carbocycles. The Hall–Kier alpha value is -8.99. The Morgan fingerprint density at radius 3 is 1.32 bits per heavy atom. The summed E-state index contributed by atoms with van der Waals surface area (Å²) in [6, 6.07) is 55.8. The van der Waals surface area contributed by atoms with E-state index in [0.717, 1.165) is 81.0 Å². The highest BCUT2D eigenvalue weighted by molar-refractivity contribution is 7.18. The summed E-state index contributed by atoms with van der Waals surface area (Å²) in [6.07, 6.45) is 17.8. The molecule has 0 saturated carbocycles. The van der Waals surface area contributed by atoms with Gasteiger partial charge in [-0.15, -0.1) is 11.3 Å². The number of aromatic nitrogens is 5. The van der Waals surface area contributed by atoms with E-state index in [1.165, 1.54) is 72.6 Å². The smallest absolute Gasteiger partial charge is 0.252 e. The lowest BCUT2D eigenvalue weighted by atomic mass is 9.77. The Labute approximate surface area is 885 Å². The lowest BCUT2D eigenvalue weighted by Crippen LogP contribution is -2.33. The molecule has 5 aliphatic rings. The number of rotatable bonds is 0. The summed E-state index contributed by atoms with van der Waals surface area (Å²) in [4.78, 5) is 32.0. The van der Waals surface area contributed by atoms with Crippen molar-refractivity contribution in [3.8, 4) is 17.2 Å². The predicted molar refractivity (Wildman–Crippen MR) is 636 cm³/mol. The van der Waals surface area contributed by atoms with Gasteiger partial charge < -0.3 is 19.2 Å². The van der Waals surface area contributed by atoms with Crippen LogP contribution in [0.5, 0.6) is 17.2 Å². The highest BCUT2D eigenvalue weighted by Crippen LogP contribution is 2.47. The van der Waals surface area contributed by atoms with Gasteiger partial charge in [-0.3, -0.25) is 19.7 Å². The van der Waals surface area contributed by atoms with Gasteiger partial charge in [-0.05, 0) is 224 Å². The molecule has 3 aliphatic carbocycles. The Morgan fingerprint density at radius 1 is 0.361 bits per heavy atom. The van der Waals surface area contributed by atoms with Crippen LogP contribution in [0.2, 0.25) is 0 Å². The van der Waals surface area contributed by atoms with Gasteiger partial charge in [0, 0.05) is 63.3 Å². The van der Waals surface area contributed by atoms with Gasteiger partial charge in [-0.1, -0.05) is 482 Å². The monoisotopic (exact) mass is 1980 g/mol. The van der Waals surface area contributed by atoms with E-state index in [1.54, 1.807) is 35.3 Å². The number of benzene rings is 6. The number of aromatic amines is 1. The van der Waals surface area contributed by atoms with Crippen molar-refractivity contribution in [3.63, 3.8) is 0 Å². The number of hydrogen-bond acceptors (Lipinski definition) is 9. The third-order valence-electron chi connectivity index (χ3n) is 22.7. The molecule has 1 N–H and O–H groups in total. The van der Waals surface area contributed by atoms with Crippen molar-refractivity contribution in [2.24, 2.45) is 54.1 Å². The molecule has 10 heteroatoms. The zero-order valence-corrected chi connectivity index (χ0v) is 102. The van der Waals surface area contributed by atoms with E-state index in [4.69, 9.17) is 19.2 Å². The molecule has 144 heavy (non-hydrogen) atoms. The van der Waals surface area contributed by atoms with E-state index in [1.807, 2.05) is 62.6 Å². The summed E-state index contributed by atoms with van der Waals surface area (Å²) < 4.78 is 19.0. The molecule has 0 amide bonds. The average molecular weight is 1980 g/mol. The van der Waals surface area contributed by atoms with Gasteiger partial charge in [0.15, 0.2) is 11.5 Å². The van der Waals surface area contributed by atoms with Gasteiger partial charge in [0.25, 0.3) is 5.56 Å². The van der Waals surface area contributed by atoms with Crippen LogP contribution >= 0.6 is 11.3 Å². The fraction of sp³-hybridized carbons (Fsp3) is 0.575. The fourth-order valence-electron chi connectivity index (χ4n) is 14.9. The molecular weight excluding hydrogens is 1780 g/mol. The first kappa shape index (κ1) is 127. The number of nitrogens with one attached hydrogen (secondary N) is 1. The standard InChI is InChI=1S/C16H24O.C15H21NS.C15H22O2.C13H16.C13H18.C13H16.C12H14N2O.C12H14N2.5C5H12/c1-15(2,3)12-7-8-13-11(9-12)10-14(17-13)16(4,5)6;2*1-14(2,3)10-7-8-11-12(9-10)17-13(16-11)15(4,5)6;1-13(2,3)12-8-10-6-4-5-7-11(10)9-12;2*1-13(2,3)12-9-8-10-6-4-5-7-11(10)12;1-12(2,3)9-6-8-4-5-13-7-10(8)14-11(9)15;1-12(2,3)11-5-4-9-8-13-7-6-10(9)14-11;5*1-5(2,3)4/h7-9,14H,10H2,1-6H3;7-9H,1-6H3;7-9,13H,1-6H3;4-8H,9H2,1-3H3;4-7,12H,8-9H2,1-3H3;4-7,9H,8H2,1-3H3;4-7H,1-3H3,(H,14,15);4-8H,1-3H3;5*1-4H3. The summed E-state index contributed by atoms with van der Waals surface area (Å²) in [6.45, 7) is 117. The van der Waals surface area contributed by atoms with E-state index in [9.17, 15) is 4.79 Å². The predicted octanol–water partition coefficient (Wildman–Crippen LogP) is 39.9. The van der Waals surface area contributed by atoms with Gasteiger partial charge in [-0.2, -0.15) is 0 Å². The number of H-pyrrole nitrogens is 1. The molecule has 11 aromatic rings. The van der Waals surface area contributed by atoms with E-state index in [-0.39, 0.29) is 60.6 Å². The number of pyridine rings is 4. The van der Waals surface area contributed by atoms with Gasteiger partial charge in [0.1, 0.15) is 11.9 Å². The van der Waals surface area contributed by atoms with Crippen LogP contribution in [-0.2, 0) is 58.2 Å². The normalized spacial score (nSPS) is 15.5. The van der Waals surface area contributed by atoms with Crippen LogP contribution in [0.25, 0.3) is 43.7 Å². The van der Waals surface area contributed by atoms with Crippen molar-refractivity contribution in [1.82, 2.24) is 24.9 Å². The van der Waals surface area contributed by atoms with Crippen LogP contribution in [0.4, 0.5) is 0 Å². The summed E-state index contributed by atoms with van der Waals surface area (Å²) in [7, 11) is 0. The summed E-state index contributed by atoms with van der Waals surface area (Å²) in [5.74, 6) is 3.58. The lowest BCUT2D eigenvalue weighted by molar-refractivity contribution is -0.0396.